The van der Waals surface area contributed by atoms with Crippen LogP contribution < -0.4 is 0 Å². The van der Waals surface area contributed by atoms with E-state index in [-0.39, 0.29) is 38.1 Å². The second-order valence-corrected chi connectivity index (χ2v) is 21.9. The lowest BCUT2D eigenvalue weighted by Crippen LogP contribution is -2.64. The molecule has 0 unspecified atom stereocenters. The summed E-state index contributed by atoms with van der Waals surface area (Å²) >= 11 is 0. The molecule has 3 aromatic rings. The fraction of sp³-hybridized carbons (Fsp3) is 0.532. The number of azide groups is 1. The number of carbonyl (C=O) groups is 4. The molecule has 1 heterocycles. The summed E-state index contributed by atoms with van der Waals surface area (Å²) in [4.78, 5) is 53.4. The summed E-state index contributed by atoms with van der Waals surface area (Å²) in [5.41, 5.74) is 12.6. The third kappa shape index (κ3) is 17.0. The number of esters is 4. The lowest BCUT2D eigenvalue weighted by Gasteiger charge is -2.46. The first-order valence-corrected chi connectivity index (χ1v) is 24.4. The van der Waals surface area contributed by atoms with E-state index in [2.05, 4.69) is 43.9 Å². The average Bonchev–Trinajstić information content (AvgIpc) is 3.25. The van der Waals surface area contributed by atoms with Crippen LogP contribution in [0.4, 0.5) is 0 Å². The van der Waals surface area contributed by atoms with Crippen molar-refractivity contribution in [1.29, 1.82) is 0 Å². The lowest BCUT2D eigenvalue weighted by atomic mass is 9.97. The van der Waals surface area contributed by atoms with E-state index in [0.29, 0.717) is 0 Å². The van der Waals surface area contributed by atoms with Crippen LogP contribution in [-0.4, -0.2) is 107 Å². The highest BCUT2D eigenvalue weighted by atomic mass is 28.4. The van der Waals surface area contributed by atoms with Crippen LogP contribution in [0.25, 0.3) is 10.4 Å². The summed E-state index contributed by atoms with van der Waals surface area (Å²) in [6, 6.07) is 27.1. The highest BCUT2D eigenvalue weighted by Gasteiger charge is 2.54. The van der Waals surface area contributed by atoms with Gasteiger partial charge in [-0.3, -0.25) is 19.2 Å². The normalized spacial score (nSPS) is 20.5. The van der Waals surface area contributed by atoms with Crippen molar-refractivity contribution in [2.45, 2.75) is 141 Å². The molecule has 4 rings (SSSR count). The van der Waals surface area contributed by atoms with Gasteiger partial charge in [0, 0.05) is 39.2 Å². The minimum Gasteiger partial charge on any atom is -0.463 e. The van der Waals surface area contributed by atoms with Crippen LogP contribution in [0.2, 0.25) is 18.1 Å². The second kappa shape index (κ2) is 25.5. The molecular weight excluding hydrogens is 859 g/mol. The van der Waals surface area contributed by atoms with Crippen LogP contribution in [0, 0.1) is 0 Å². The van der Waals surface area contributed by atoms with Crippen LogP contribution >= 0.6 is 0 Å². The van der Waals surface area contributed by atoms with Crippen molar-refractivity contribution < 1.29 is 66.2 Å². The first-order valence-electron chi connectivity index (χ1n) is 21.4. The van der Waals surface area contributed by atoms with Crippen molar-refractivity contribution in [2.24, 2.45) is 5.11 Å². The number of rotatable bonds is 24. The Balaban J connectivity index is 1.93. The van der Waals surface area contributed by atoms with Crippen molar-refractivity contribution in [1.82, 2.24) is 0 Å². The molecule has 0 N–H and O–H groups in total. The number of carbonyl (C=O) groups excluding carboxylic acids is 4. The minimum absolute atomic E-state index is 0.0138. The fourth-order valence-corrected chi connectivity index (χ4v) is 7.71. The number of hydrogen-bond donors (Lipinski definition) is 0. The van der Waals surface area contributed by atoms with Gasteiger partial charge in [-0.2, -0.15) is 0 Å². The number of hydrogen-bond acceptors (Lipinski definition) is 15. The van der Waals surface area contributed by atoms with Gasteiger partial charge in [-0.25, -0.2) is 0 Å². The van der Waals surface area contributed by atoms with Crippen molar-refractivity contribution in [3.63, 3.8) is 0 Å². The Hall–Kier alpha value is -5.17. The first-order chi connectivity index (χ1) is 30.9. The highest BCUT2D eigenvalue weighted by molar-refractivity contribution is 6.74. The largest absolute Gasteiger partial charge is 0.463 e. The Morgan fingerprint density at radius 3 is 1.63 bits per heavy atom. The highest BCUT2D eigenvalue weighted by Crippen LogP contribution is 2.38. The van der Waals surface area contributed by atoms with Gasteiger partial charge in [-0.05, 0) is 40.4 Å². The first kappa shape index (κ1) is 52.5. The van der Waals surface area contributed by atoms with Crippen molar-refractivity contribution in [2.75, 3.05) is 19.8 Å². The van der Waals surface area contributed by atoms with E-state index in [0.717, 1.165) is 37.5 Å². The number of nitrogens with zero attached hydrogens (tertiary/aromatic N) is 3. The fourth-order valence-electron chi connectivity index (χ4n) is 6.69. The van der Waals surface area contributed by atoms with Crippen LogP contribution in [0.1, 0.15) is 65.2 Å². The van der Waals surface area contributed by atoms with E-state index in [9.17, 15) is 24.7 Å². The molecule has 0 aliphatic carbocycles. The van der Waals surface area contributed by atoms with Gasteiger partial charge in [0.05, 0.1) is 38.6 Å². The predicted molar refractivity (Wildman–Crippen MR) is 239 cm³/mol. The van der Waals surface area contributed by atoms with Crippen LogP contribution in [-0.2, 0) is 86.1 Å². The maximum atomic E-state index is 12.9. The Morgan fingerprint density at radius 1 is 0.677 bits per heavy atom. The molecule has 0 saturated carbocycles. The predicted octanol–water partition coefficient (Wildman–Crippen LogP) is 7.54. The molecule has 0 aromatic heterocycles. The van der Waals surface area contributed by atoms with Gasteiger partial charge in [0.15, 0.2) is 32.9 Å². The third-order valence-corrected chi connectivity index (χ3v) is 15.4. The summed E-state index contributed by atoms with van der Waals surface area (Å²) < 4.78 is 62.5. The average molecular weight is 922 g/mol. The van der Waals surface area contributed by atoms with Crippen molar-refractivity contribution in [3.8, 4) is 0 Å². The molecule has 1 aliphatic rings. The molecule has 1 fully saturated rings. The molecule has 3 aromatic carbocycles. The molecule has 9 atom stereocenters. The Bertz CT molecular complexity index is 2000. The summed E-state index contributed by atoms with van der Waals surface area (Å²) in [6.07, 6.45) is -11.0. The Morgan fingerprint density at radius 2 is 1.15 bits per heavy atom. The summed E-state index contributed by atoms with van der Waals surface area (Å²) in [5.74, 6) is -3.08. The monoisotopic (exact) mass is 921 g/mol. The van der Waals surface area contributed by atoms with Crippen LogP contribution in [0.15, 0.2) is 96.1 Å². The van der Waals surface area contributed by atoms with Gasteiger partial charge >= 0.3 is 23.9 Å². The SMILES string of the molecule is CC(=O)OC[C@H]1O[C@@H](O[C@H](COCc2ccccc2)[C@H](OCc2ccccc2)[C@H](OCc2ccccc2)[C@H](CO[Si](C)(C)C(C)(C)C)N=[N+]=[N-])[C@H](OC(C)=O)[C@@H](OC(C)=O)[C@@H]1OC(C)=O. The zero-order valence-electron chi connectivity index (χ0n) is 38.7. The van der Waals surface area contributed by atoms with Gasteiger partial charge < -0.3 is 47.1 Å². The molecule has 0 spiro atoms. The van der Waals surface area contributed by atoms with E-state index in [1.807, 2.05) is 91.0 Å². The van der Waals surface area contributed by atoms with E-state index in [1.165, 1.54) is 6.92 Å². The molecule has 65 heavy (non-hydrogen) atoms. The topological polar surface area (TPSA) is 209 Å². The molecule has 0 bridgehead atoms. The van der Waals surface area contributed by atoms with Crippen LogP contribution in [0.5, 0.6) is 0 Å². The molecule has 17 nitrogen and oxygen atoms in total. The number of benzene rings is 3. The molecule has 1 saturated heterocycles. The van der Waals surface area contributed by atoms with E-state index >= 15 is 0 Å². The van der Waals surface area contributed by atoms with E-state index in [1.54, 1.807) is 0 Å². The maximum absolute atomic E-state index is 12.9. The quantitative estimate of drug-likeness (QED) is 0.0212. The molecule has 18 heteroatoms. The van der Waals surface area contributed by atoms with Gasteiger partial charge in [0.2, 0.25) is 0 Å². The Kier molecular flexibility index (Phi) is 20.6. The number of ether oxygens (including phenoxy) is 9. The second-order valence-electron chi connectivity index (χ2n) is 17.1. The third-order valence-electron chi connectivity index (χ3n) is 10.9. The summed E-state index contributed by atoms with van der Waals surface area (Å²) in [5, 5.41) is 4.06. The molecular formula is C47H63N3O14Si. The van der Waals surface area contributed by atoms with Gasteiger partial charge in [-0.1, -0.05) is 117 Å². The molecule has 0 amide bonds. The van der Waals surface area contributed by atoms with Crippen LogP contribution in [0.3, 0.4) is 0 Å². The van der Waals surface area contributed by atoms with E-state index in [4.69, 9.17) is 47.1 Å². The maximum Gasteiger partial charge on any atom is 0.303 e. The molecule has 0 radical (unpaired) electrons. The smallest absolute Gasteiger partial charge is 0.303 e. The standard InChI is InChI=1S/C47H63N3O14Si/c1-31(51)56-30-40-43(60-32(2)52)44(61-33(3)53)45(62-34(4)54)46(64-40)63-39(29-55-25-35-19-13-10-14-20-35)42(58-27-37-23-17-12-18-24-37)41(57-26-36-21-15-11-16-22-36)38(49-50-48)28-59-65(8,9)47(5,6)7/h10-24,38-46H,25-30H2,1-9H3/t38-,39+,40+,41+,42-,43+,44-,45+,46+/m0/s1. The van der Waals surface area contributed by atoms with Crippen molar-refractivity contribution in [3.05, 3.63) is 118 Å². The molecule has 354 valence electrons. The van der Waals surface area contributed by atoms with Crippen molar-refractivity contribution >= 4 is 32.2 Å². The molecule has 1 aliphatic heterocycles. The summed E-state index contributed by atoms with van der Waals surface area (Å²) in [7, 11) is -2.46. The summed E-state index contributed by atoms with van der Waals surface area (Å²) in [6.45, 7) is 14.5. The lowest BCUT2D eigenvalue weighted by molar-refractivity contribution is -0.329. The Labute approximate surface area is 382 Å². The zero-order chi connectivity index (χ0) is 47.6. The van der Waals surface area contributed by atoms with Gasteiger partial charge in [0.25, 0.3) is 0 Å². The zero-order valence-corrected chi connectivity index (χ0v) is 39.7. The minimum atomic E-state index is -2.46. The van der Waals surface area contributed by atoms with E-state index < -0.39 is 93.9 Å². The van der Waals surface area contributed by atoms with Gasteiger partial charge in [-0.15, -0.1) is 0 Å². The van der Waals surface area contributed by atoms with Gasteiger partial charge in [0.1, 0.15) is 24.9 Å².